The molecule has 2 saturated heterocycles. The molecule has 1 amide bonds. The van der Waals surface area contributed by atoms with Crippen molar-refractivity contribution in [2.75, 3.05) is 26.2 Å². The first kappa shape index (κ1) is 26.4. The fourth-order valence-corrected chi connectivity index (χ4v) is 4.88. The minimum absolute atomic E-state index is 0.0257. The summed E-state index contributed by atoms with van der Waals surface area (Å²) >= 11 is 0. The maximum Gasteiger partial charge on any atom is 0.407 e. The molecule has 2 aliphatic heterocycles. The van der Waals surface area contributed by atoms with Gasteiger partial charge in [-0.3, -0.25) is 0 Å². The minimum Gasteiger partial charge on any atom is -0.445 e. The molecule has 2 fully saturated rings. The van der Waals surface area contributed by atoms with Crippen LogP contribution in [0.5, 0.6) is 0 Å². The number of aliphatic hydroxyl groups excluding tert-OH is 1. The molecular weight excluding hydrogens is 456 g/mol. The highest BCUT2D eigenvalue weighted by molar-refractivity contribution is 5.67. The zero-order valence-corrected chi connectivity index (χ0v) is 21.1. The third-order valence-electron chi connectivity index (χ3n) is 7.03. The first-order valence-corrected chi connectivity index (χ1v) is 12.9. The van der Waals surface area contributed by atoms with Gasteiger partial charge in [-0.1, -0.05) is 74.5 Å². The van der Waals surface area contributed by atoms with E-state index in [1.807, 2.05) is 48.5 Å². The molecule has 7 heteroatoms. The summed E-state index contributed by atoms with van der Waals surface area (Å²) in [4.78, 5) is 14.2. The standard InChI is InChI=1S/C29H38N2O5/c1-3-17-34-29(33)30-18-22-7-13-25(14-8-22)28-35-26(19-31-15-5-4-6-16-31)21(2)27(36-28)24-11-9-23(20-32)10-12-24/h3,7-14,21,26-28,32H,1,4-6,15-20H2,2H3,(H,30,33). The number of rotatable bonds is 9. The van der Waals surface area contributed by atoms with Crippen LogP contribution in [0.15, 0.2) is 61.2 Å². The van der Waals surface area contributed by atoms with Crippen molar-refractivity contribution >= 4 is 6.09 Å². The van der Waals surface area contributed by atoms with Crippen LogP contribution in [0.25, 0.3) is 0 Å². The van der Waals surface area contributed by atoms with Crippen LogP contribution in [0.1, 0.15) is 60.8 Å². The Morgan fingerprint density at radius 1 is 1.06 bits per heavy atom. The molecule has 7 nitrogen and oxygen atoms in total. The van der Waals surface area contributed by atoms with Gasteiger partial charge < -0.3 is 29.5 Å². The first-order valence-electron chi connectivity index (χ1n) is 12.9. The molecular formula is C29H38N2O5. The topological polar surface area (TPSA) is 80.3 Å². The molecule has 0 aliphatic carbocycles. The Morgan fingerprint density at radius 3 is 2.39 bits per heavy atom. The van der Waals surface area contributed by atoms with Gasteiger partial charge in [0.1, 0.15) is 6.61 Å². The monoisotopic (exact) mass is 494 g/mol. The molecule has 36 heavy (non-hydrogen) atoms. The smallest absolute Gasteiger partial charge is 0.407 e. The lowest BCUT2D eigenvalue weighted by Gasteiger charge is -2.43. The highest BCUT2D eigenvalue weighted by Crippen LogP contribution is 2.42. The number of ether oxygens (including phenoxy) is 3. The molecule has 4 unspecified atom stereocenters. The third-order valence-corrected chi connectivity index (χ3v) is 7.03. The minimum atomic E-state index is -0.488. The summed E-state index contributed by atoms with van der Waals surface area (Å²) in [6, 6.07) is 15.9. The van der Waals surface area contributed by atoms with Crippen molar-refractivity contribution in [3.8, 4) is 0 Å². The lowest BCUT2D eigenvalue weighted by Crippen LogP contribution is -2.45. The van der Waals surface area contributed by atoms with E-state index in [0.717, 1.165) is 41.9 Å². The second-order valence-electron chi connectivity index (χ2n) is 9.67. The van der Waals surface area contributed by atoms with Gasteiger partial charge in [0.15, 0.2) is 6.29 Å². The van der Waals surface area contributed by atoms with Crippen molar-refractivity contribution in [1.29, 1.82) is 0 Å². The molecule has 194 valence electrons. The van der Waals surface area contributed by atoms with E-state index in [1.165, 1.54) is 25.3 Å². The van der Waals surface area contributed by atoms with Gasteiger partial charge >= 0.3 is 6.09 Å². The number of piperidine rings is 1. The summed E-state index contributed by atoms with van der Waals surface area (Å²) in [5.74, 6) is 0.174. The summed E-state index contributed by atoms with van der Waals surface area (Å²) in [5.41, 5.74) is 3.88. The van der Waals surface area contributed by atoms with Crippen LogP contribution in [0.3, 0.4) is 0 Å². The normalized spacial score (nSPS) is 24.7. The maximum atomic E-state index is 11.7. The number of benzene rings is 2. The van der Waals surface area contributed by atoms with Crippen molar-refractivity contribution in [3.63, 3.8) is 0 Å². The zero-order chi connectivity index (χ0) is 25.3. The molecule has 0 aromatic heterocycles. The predicted molar refractivity (Wildman–Crippen MR) is 138 cm³/mol. The second kappa shape index (κ2) is 13.0. The van der Waals surface area contributed by atoms with Gasteiger partial charge in [0.05, 0.1) is 18.8 Å². The summed E-state index contributed by atoms with van der Waals surface area (Å²) in [6.45, 7) is 9.44. The Morgan fingerprint density at radius 2 is 1.72 bits per heavy atom. The summed E-state index contributed by atoms with van der Waals surface area (Å²) < 4.78 is 18.1. The van der Waals surface area contributed by atoms with Crippen molar-refractivity contribution in [2.45, 2.75) is 57.8 Å². The van der Waals surface area contributed by atoms with Crippen molar-refractivity contribution in [1.82, 2.24) is 10.2 Å². The molecule has 2 aliphatic rings. The highest BCUT2D eigenvalue weighted by Gasteiger charge is 2.39. The number of aliphatic hydroxyl groups is 1. The number of carbonyl (C=O) groups is 1. The number of carbonyl (C=O) groups excluding carboxylic acids is 1. The van der Waals surface area contributed by atoms with Crippen molar-refractivity contribution in [3.05, 3.63) is 83.4 Å². The van der Waals surface area contributed by atoms with Gasteiger partial charge in [0, 0.05) is 24.6 Å². The van der Waals surface area contributed by atoms with Gasteiger partial charge in [-0.05, 0) is 42.6 Å². The molecule has 2 heterocycles. The van der Waals surface area contributed by atoms with Gasteiger partial charge in [0.25, 0.3) is 0 Å². The quantitative estimate of drug-likeness (QED) is 0.484. The number of hydrogen-bond donors (Lipinski definition) is 2. The van der Waals surface area contributed by atoms with E-state index in [0.29, 0.717) is 6.54 Å². The second-order valence-corrected chi connectivity index (χ2v) is 9.67. The lowest BCUT2D eigenvalue weighted by molar-refractivity contribution is -0.276. The molecule has 2 aromatic rings. The highest BCUT2D eigenvalue weighted by atomic mass is 16.7. The SMILES string of the molecule is C=CCOC(=O)NCc1ccc(C2OC(CN3CCCCC3)C(C)C(c3ccc(CO)cc3)O2)cc1. The molecule has 4 rings (SSSR count). The number of hydrogen-bond acceptors (Lipinski definition) is 6. The average molecular weight is 495 g/mol. The van der Waals surface area contributed by atoms with E-state index >= 15 is 0 Å². The van der Waals surface area contributed by atoms with Crippen LogP contribution < -0.4 is 5.32 Å². The number of nitrogens with zero attached hydrogens (tertiary/aromatic N) is 1. The Bertz CT molecular complexity index is 972. The average Bonchev–Trinajstić information content (AvgIpc) is 2.93. The van der Waals surface area contributed by atoms with E-state index in [1.54, 1.807) is 0 Å². The molecule has 0 spiro atoms. The Kier molecular flexibility index (Phi) is 9.53. The fraction of sp³-hybridized carbons (Fsp3) is 0.483. The number of amides is 1. The lowest BCUT2D eigenvalue weighted by atomic mass is 9.89. The van der Waals surface area contributed by atoms with E-state index in [4.69, 9.17) is 14.2 Å². The van der Waals surface area contributed by atoms with Gasteiger partial charge in [-0.15, -0.1) is 0 Å². The van der Waals surface area contributed by atoms with Gasteiger partial charge in [0.2, 0.25) is 0 Å². The van der Waals surface area contributed by atoms with Crippen LogP contribution in [-0.2, 0) is 27.4 Å². The summed E-state index contributed by atoms with van der Waals surface area (Å²) in [6.07, 6.45) is 4.27. The van der Waals surface area contributed by atoms with Crippen LogP contribution >= 0.6 is 0 Å². The van der Waals surface area contributed by atoms with Gasteiger partial charge in [-0.2, -0.15) is 0 Å². The molecule has 2 aromatic carbocycles. The number of nitrogens with one attached hydrogen (secondary N) is 1. The summed E-state index contributed by atoms with van der Waals surface area (Å²) in [5, 5.41) is 12.2. The Balaban J connectivity index is 1.48. The molecule has 4 atom stereocenters. The Hall–Kier alpha value is -2.71. The first-order chi connectivity index (χ1) is 17.6. The fourth-order valence-electron chi connectivity index (χ4n) is 4.88. The van der Waals surface area contributed by atoms with E-state index in [-0.39, 0.29) is 31.3 Å². The molecule has 0 bridgehead atoms. The molecule has 2 N–H and O–H groups in total. The van der Waals surface area contributed by atoms with Crippen molar-refractivity contribution in [2.24, 2.45) is 5.92 Å². The Labute approximate surface area is 214 Å². The van der Waals surface area contributed by atoms with Crippen molar-refractivity contribution < 1.29 is 24.1 Å². The molecule has 0 saturated carbocycles. The van der Waals surface area contributed by atoms with E-state index in [9.17, 15) is 9.90 Å². The third kappa shape index (κ3) is 6.95. The maximum absolute atomic E-state index is 11.7. The van der Waals surface area contributed by atoms with E-state index < -0.39 is 12.4 Å². The van der Waals surface area contributed by atoms with Crippen LogP contribution in [-0.4, -0.2) is 48.4 Å². The van der Waals surface area contributed by atoms with Crippen LogP contribution in [0.4, 0.5) is 4.79 Å². The number of alkyl carbamates (subject to hydrolysis) is 1. The number of likely N-dealkylation sites (tertiary alicyclic amines) is 1. The van der Waals surface area contributed by atoms with Crippen LogP contribution in [0.2, 0.25) is 0 Å². The van der Waals surface area contributed by atoms with E-state index in [2.05, 4.69) is 23.7 Å². The predicted octanol–water partition coefficient (Wildman–Crippen LogP) is 4.87. The largest absolute Gasteiger partial charge is 0.445 e. The summed E-state index contributed by atoms with van der Waals surface area (Å²) in [7, 11) is 0. The zero-order valence-electron chi connectivity index (χ0n) is 21.1. The molecule has 0 radical (unpaired) electrons. The van der Waals surface area contributed by atoms with Crippen LogP contribution in [0, 0.1) is 5.92 Å². The van der Waals surface area contributed by atoms with Gasteiger partial charge in [-0.25, -0.2) is 4.79 Å².